The van der Waals surface area contributed by atoms with E-state index in [-0.39, 0.29) is 13.0 Å². The lowest BCUT2D eigenvalue weighted by Gasteiger charge is -2.22. The van der Waals surface area contributed by atoms with Gasteiger partial charge in [0.25, 0.3) is 0 Å². The smallest absolute Gasteiger partial charge is 0.407 e. The minimum Gasteiger partial charge on any atom is -0.444 e. The minimum atomic E-state index is -0.608. The summed E-state index contributed by atoms with van der Waals surface area (Å²) in [6.45, 7) is 9.24. The van der Waals surface area contributed by atoms with Crippen molar-refractivity contribution in [2.45, 2.75) is 52.7 Å². The number of benzene rings is 1. The Morgan fingerprint density at radius 1 is 1.26 bits per heavy atom. The van der Waals surface area contributed by atoms with Crippen LogP contribution in [0.1, 0.15) is 38.3 Å². The molecule has 0 aromatic heterocycles. The van der Waals surface area contributed by atoms with Crippen LogP contribution in [0.5, 0.6) is 5.75 Å². The van der Waals surface area contributed by atoms with Crippen LogP contribution in [0.4, 0.5) is 4.79 Å². The van der Waals surface area contributed by atoms with E-state index in [0.717, 1.165) is 11.1 Å². The van der Waals surface area contributed by atoms with Crippen molar-refractivity contribution >= 4 is 12.1 Å². The van der Waals surface area contributed by atoms with Crippen molar-refractivity contribution in [2.24, 2.45) is 5.73 Å². The molecule has 6 heteroatoms. The van der Waals surface area contributed by atoms with Gasteiger partial charge in [0, 0.05) is 6.54 Å². The number of carbonyl (C=O) groups is 2. The highest BCUT2D eigenvalue weighted by Gasteiger charge is 2.21. The fourth-order valence-corrected chi connectivity index (χ4v) is 1.95. The van der Waals surface area contributed by atoms with Gasteiger partial charge >= 0.3 is 12.1 Å². The third kappa shape index (κ3) is 7.15. The first-order chi connectivity index (χ1) is 10.6. The maximum absolute atomic E-state index is 12.0. The quantitative estimate of drug-likeness (QED) is 0.642. The SMILES string of the molecule is Cc1ccc(OC(=O)CC(CN)NC(=O)OC(C)(C)C)c(C)c1. The number of hydrogen-bond donors (Lipinski definition) is 2. The van der Waals surface area contributed by atoms with Crippen LogP contribution >= 0.6 is 0 Å². The first-order valence-corrected chi connectivity index (χ1v) is 7.58. The Bertz CT molecular complexity index is 564. The molecule has 1 unspecified atom stereocenters. The zero-order valence-electron chi connectivity index (χ0n) is 14.4. The van der Waals surface area contributed by atoms with E-state index in [1.165, 1.54) is 0 Å². The van der Waals surface area contributed by atoms with Crippen LogP contribution in [-0.4, -0.2) is 30.3 Å². The topological polar surface area (TPSA) is 90.6 Å². The van der Waals surface area contributed by atoms with E-state index >= 15 is 0 Å². The summed E-state index contributed by atoms with van der Waals surface area (Å²) in [7, 11) is 0. The van der Waals surface area contributed by atoms with Crippen LogP contribution in [-0.2, 0) is 9.53 Å². The molecular weight excluding hydrogens is 296 g/mol. The van der Waals surface area contributed by atoms with Gasteiger partial charge in [0.15, 0.2) is 0 Å². The lowest BCUT2D eigenvalue weighted by atomic mass is 10.1. The number of alkyl carbamates (subject to hydrolysis) is 1. The lowest BCUT2D eigenvalue weighted by molar-refractivity contribution is -0.134. The maximum Gasteiger partial charge on any atom is 0.407 e. The van der Waals surface area contributed by atoms with Crippen LogP contribution < -0.4 is 15.8 Å². The summed E-state index contributed by atoms with van der Waals surface area (Å²) in [5, 5.41) is 2.58. The molecule has 0 heterocycles. The van der Waals surface area contributed by atoms with E-state index < -0.39 is 23.7 Å². The summed E-state index contributed by atoms with van der Waals surface area (Å²) >= 11 is 0. The number of aryl methyl sites for hydroxylation is 2. The average molecular weight is 322 g/mol. The molecule has 23 heavy (non-hydrogen) atoms. The second-order valence-corrected chi connectivity index (χ2v) is 6.53. The van der Waals surface area contributed by atoms with Crippen molar-refractivity contribution in [3.05, 3.63) is 29.3 Å². The molecule has 0 bridgehead atoms. The lowest BCUT2D eigenvalue weighted by Crippen LogP contribution is -2.44. The molecule has 0 radical (unpaired) electrons. The number of nitrogens with two attached hydrogens (primary N) is 1. The second kappa shape index (κ2) is 7.97. The van der Waals surface area contributed by atoms with E-state index in [0.29, 0.717) is 5.75 Å². The van der Waals surface area contributed by atoms with Gasteiger partial charge in [-0.15, -0.1) is 0 Å². The standard InChI is InChI=1S/C17H26N2O4/c1-11-6-7-14(12(2)8-11)22-15(20)9-13(10-18)19-16(21)23-17(3,4)5/h6-8,13H,9-10,18H2,1-5H3,(H,19,21). The Morgan fingerprint density at radius 2 is 1.91 bits per heavy atom. The molecule has 128 valence electrons. The van der Waals surface area contributed by atoms with E-state index in [1.807, 2.05) is 26.0 Å². The van der Waals surface area contributed by atoms with Gasteiger partial charge in [0.05, 0.1) is 12.5 Å². The Labute approximate surface area is 137 Å². The van der Waals surface area contributed by atoms with Gasteiger partial charge in [-0.3, -0.25) is 4.79 Å². The zero-order chi connectivity index (χ0) is 17.6. The van der Waals surface area contributed by atoms with Crippen LogP contribution in [0.3, 0.4) is 0 Å². The van der Waals surface area contributed by atoms with Gasteiger partial charge in [-0.05, 0) is 46.2 Å². The molecule has 0 fully saturated rings. The van der Waals surface area contributed by atoms with Crippen molar-refractivity contribution in [1.82, 2.24) is 5.32 Å². The van der Waals surface area contributed by atoms with E-state index in [9.17, 15) is 9.59 Å². The van der Waals surface area contributed by atoms with Gasteiger partial charge < -0.3 is 20.5 Å². The molecule has 0 aliphatic heterocycles. The predicted molar refractivity (Wildman–Crippen MR) is 88.4 cm³/mol. The first kappa shape index (κ1) is 19.0. The van der Waals surface area contributed by atoms with Gasteiger partial charge in [-0.25, -0.2) is 4.79 Å². The third-order valence-electron chi connectivity index (χ3n) is 2.97. The number of hydrogen-bond acceptors (Lipinski definition) is 5. The molecule has 6 nitrogen and oxygen atoms in total. The first-order valence-electron chi connectivity index (χ1n) is 7.58. The molecule has 1 atom stereocenters. The van der Waals surface area contributed by atoms with Crippen LogP contribution in [0.15, 0.2) is 18.2 Å². The third-order valence-corrected chi connectivity index (χ3v) is 2.97. The highest BCUT2D eigenvalue weighted by Crippen LogP contribution is 2.19. The molecule has 0 aliphatic rings. The summed E-state index contributed by atoms with van der Waals surface area (Å²) in [5.74, 6) is 0.0529. The maximum atomic E-state index is 12.0. The molecule has 1 aromatic carbocycles. The monoisotopic (exact) mass is 322 g/mol. The highest BCUT2D eigenvalue weighted by atomic mass is 16.6. The molecule has 1 rings (SSSR count). The van der Waals surface area contributed by atoms with E-state index in [4.69, 9.17) is 15.2 Å². The molecular formula is C17H26N2O4. The van der Waals surface area contributed by atoms with Gasteiger partial charge in [0.2, 0.25) is 0 Å². The average Bonchev–Trinajstić information content (AvgIpc) is 2.39. The number of ether oxygens (including phenoxy) is 2. The Balaban J connectivity index is 2.58. The number of carbonyl (C=O) groups excluding carboxylic acids is 2. The largest absolute Gasteiger partial charge is 0.444 e. The molecule has 3 N–H and O–H groups in total. The number of esters is 1. The Kier molecular flexibility index (Phi) is 6.57. The van der Waals surface area contributed by atoms with E-state index in [2.05, 4.69) is 5.32 Å². The molecule has 0 saturated carbocycles. The molecule has 0 spiro atoms. The van der Waals surface area contributed by atoms with Crippen LogP contribution in [0.25, 0.3) is 0 Å². The van der Waals surface area contributed by atoms with E-state index in [1.54, 1.807) is 26.8 Å². The molecule has 0 aliphatic carbocycles. The summed E-state index contributed by atoms with van der Waals surface area (Å²) in [4.78, 5) is 23.7. The zero-order valence-corrected chi connectivity index (χ0v) is 14.4. The van der Waals surface area contributed by atoms with Crippen molar-refractivity contribution in [2.75, 3.05) is 6.54 Å². The Morgan fingerprint density at radius 3 is 2.43 bits per heavy atom. The fourth-order valence-electron chi connectivity index (χ4n) is 1.95. The van der Waals surface area contributed by atoms with Gasteiger partial charge in [-0.1, -0.05) is 17.7 Å². The van der Waals surface area contributed by atoms with Gasteiger partial charge in [-0.2, -0.15) is 0 Å². The summed E-state index contributed by atoms with van der Waals surface area (Å²) in [5.41, 5.74) is 6.96. The summed E-state index contributed by atoms with van der Waals surface area (Å²) in [6, 6.07) is 5.02. The molecule has 0 saturated heterocycles. The predicted octanol–water partition coefficient (Wildman–Crippen LogP) is 2.45. The minimum absolute atomic E-state index is 0.0247. The van der Waals surface area contributed by atoms with Crippen molar-refractivity contribution in [3.63, 3.8) is 0 Å². The van der Waals surface area contributed by atoms with Crippen molar-refractivity contribution in [3.8, 4) is 5.75 Å². The van der Waals surface area contributed by atoms with Crippen molar-refractivity contribution in [1.29, 1.82) is 0 Å². The van der Waals surface area contributed by atoms with Gasteiger partial charge in [0.1, 0.15) is 11.4 Å². The normalized spacial score (nSPS) is 12.4. The Hall–Kier alpha value is -2.08. The second-order valence-electron chi connectivity index (χ2n) is 6.53. The van der Waals surface area contributed by atoms with Crippen LogP contribution in [0, 0.1) is 13.8 Å². The number of amides is 1. The summed E-state index contributed by atoms with van der Waals surface area (Å²) in [6.07, 6.45) is -0.629. The number of rotatable bonds is 5. The number of nitrogens with one attached hydrogen (secondary N) is 1. The molecule has 1 aromatic rings. The van der Waals surface area contributed by atoms with Crippen LogP contribution in [0.2, 0.25) is 0 Å². The van der Waals surface area contributed by atoms with Crippen molar-refractivity contribution < 1.29 is 19.1 Å². The summed E-state index contributed by atoms with van der Waals surface area (Å²) < 4.78 is 10.5. The molecule has 1 amide bonds. The highest BCUT2D eigenvalue weighted by molar-refractivity contribution is 5.75. The fraction of sp³-hybridized carbons (Fsp3) is 0.529.